The first-order valence-electron chi connectivity index (χ1n) is 5.78. The van der Waals surface area contributed by atoms with Crippen LogP contribution in [0.3, 0.4) is 0 Å². The second-order valence-corrected chi connectivity index (χ2v) is 7.99. The highest BCUT2D eigenvalue weighted by molar-refractivity contribution is 8.17. The van der Waals surface area contributed by atoms with Crippen molar-refractivity contribution in [2.75, 3.05) is 5.75 Å². The lowest BCUT2D eigenvalue weighted by molar-refractivity contribution is -0.163. The fraction of sp³-hybridized carbons (Fsp3) is 0.636. The van der Waals surface area contributed by atoms with Gasteiger partial charge in [-0.05, 0) is 13.8 Å². The first-order chi connectivity index (χ1) is 8.70. The van der Waals surface area contributed by atoms with E-state index in [0.717, 1.165) is 16.7 Å². The number of thioether (sulfide) groups is 1. The SMILES string of the molecule is CCS(=O)C1=C(C(=O)O)N2C(=O)[C@@H](C(C)(C)O)[C@H]2S1. The van der Waals surface area contributed by atoms with Gasteiger partial charge in [0.25, 0.3) is 0 Å². The van der Waals surface area contributed by atoms with Gasteiger partial charge in [0.1, 0.15) is 9.61 Å². The number of fused-ring (bicyclic) bond motifs is 1. The Balaban J connectivity index is 2.38. The zero-order valence-electron chi connectivity index (χ0n) is 10.7. The molecule has 19 heavy (non-hydrogen) atoms. The Labute approximate surface area is 117 Å². The predicted octanol–water partition coefficient (Wildman–Crippen LogP) is 0.311. The molecule has 0 bridgehead atoms. The van der Waals surface area contributed by atoms with Crippen molar-refractivity contribution < 1.29 is 24.0 Å². The normalized spacial score (nSPS) is 28.2. The first-order valence-corrected chi connectivity index (χ1v) is 7.98. The van der Waals surface area contributed by atoms with Crippen LogP contribution in [0.4, 0.5) is 0 Å². The number of amides is 1. The predicted molar refractivity (Wildman–Crippen MR) is 71.4 cm³/mol. The molecule has 6 nitrogen and oxygen atoms in total. The molecule has 1 saturated heterocycles. The molecule has 0 radical (unpaired) electrons. The Morgan fingerprint density at radius 3 is 2.53 bits per heavy atom. The number of carboxylic acids is 1. The fourth-order valence-corrected chi connectivity index (χ4v) is 5.38. The number of nitrogens with zero attached hydrogens (tertiary/aromatic N) is 1. The molecule has 0 saturated carbocycles. The maximum atomic E-state index is 12.0. The van der Waals surface area contributed by atoms with Gasteiger partial charge in [0.15, 0.2) is 5.70 Å². The van der Waals surface area contributed by atoms with E-state index in [1.165, 1.54) is 13.8 Å². The molecule has 8 heteroatoms. The zero-order valence-corrected chi connectivity index (χ0v) is 12.4. The van der Waals surface area contributed by atoms with Gasteiger partial charge in [-0.3, -0.25) is 13.9 Å². The summed E-state index contributed by atoms with van der Waals surface area (Å²) in [6.45, 7) is 4.72. The molecule has 3 atom stereocenters. The Bertz CT molecular complexity index is 508. The second kappa shape index (κ2) is 4.60. The molecule has 1 amide bonds. The van der Waals surface area contributed by atoms with Crippen molar-refractivity contribution in [1.82, 2.24) is 4.90 Å². The Hall–Kier alpha value is -0.860. The van der Waals surface area contributed by atoms with Gasteiger partial charge in [-0.2, -0.15) is 0 Å². The minimum absolute atomic E-state index is 0.194. The average Bonchev–Trinajstić information content (AvgIpc) is 2.60. The number of rotatable bonds is 4. The van der Waals surface area contributed by atoms with Gasteiger partial charge in [-0.1, -0.05) is 18.7 Å². The van der Waals surface area contributed by atoms with Crippen LogP contribution < -0.4 is 0 Å². The summed E-state index contributed by atoms with van der Waals surface area (Å²) in [5.74, 6) is -2.06. The third kappa shape index (κ3) is 2.11. The van der Waals surface area contributed by atoms with Gasteiger partial charge in [0.2, 0.25) is 5.91 Å². The molecule has 2 rings (SSSR count). The van der Waals surface area contributed by atoms with E-state index in [-0.39, 0.29) is 9.93 Å². The average molecular weight is 305 g/mol. The molecule has 0 aromatic heterocycles. The van der Waals surface area contributed by atoms with E-state index >= 15 is 0 Å². The summed E-state index contributed by atoms with van der Waals surface area (Å²) >= 11 is 1.11. The summed E-state index contributed by atoms with van der Waals surface area (Å²) in [5.41, 5.74) is -1.42. The number of carbonyl (C=O) groups is 2. The van der Waals surface area contributed by atoms with Gasteiger partial charge in [-0.25, -0.2) is 4.79 Å². The van der Waals surface area contributed by atoms with Crippen molar-refractivity contribution in [3.05, 3.63) is 9.93 Å². The van der Waals surface area contributed by atoms with Gasteiger partial charge in [-0.15, -0.1) is 0 Å². The van der Waals surface area contributed by atoms with E-state index in [1.807, 2.05) is 0 Å². The molecular weight excluding hydrogens is 290 g/mol. The van der Waals surface area contributed by atoms with E-state index < -0.39 is 39.6 Å². The van der Waals surface area contributed by atoms with Gasteiger partial charge >= 0.3 is 5.97 Å². The third-order valence-corrected chi connectivity index (χ3v) is 6.25. The highest BCUT2D eigenvalue weighted by atomic mass is 32.2. The molecular formula is C11H15NO5S2. The van der Waals surface area contributed by atoms with Crippen LogP contribution in [-0.2, 0) is 20.4 Å². The molecule has 1 unspecified atom stereocenters. The van der Waals surface area contributed by atoms with Gasteiger partial charge < -0.3 is 10.2 Å². The molecule has 0 spiro atoms. The number of carbonyl (C=O) groups excluding carboxylic acids is 1. The van der Waals surface area contributed by atoms with E-state index in [1.54, 1.807) is 6.92 Å². The van der Waals surface area contributed by atoms with E-state index in [9.17, 15) is 24.0 Å². The quantitative estimate of drug-likeness (QED) is 0.726. The molecule has 0 aromatic carbocycles. The van der Waals surface area contributed by atoms with Crippen molar-refractivity contribution in [3.63, 3.8) is 0 Å². The van der Waals surface area contributed by atoms with E-state index in [2.05, 4.69) is 0 Å². The highest BCUT2D eigenvalue weighted by Crippen LogP contribution is 2.53. The molecule has 0 aliphatic carbocycles. The Morgan fingerprint density at radius 1 is 1.53 bits per heavy atom. The van der Waals surface area contributed by atoms with Crippen LogP contribution in [0.15, 0.2) is 9.93 Å². The summed E-state index contributed by atoms with van der Waals surface area (Å²) in [6, 6.07) is 0. The molecule has 1 fully saturated rings. The fourth-order valence-electron chi connectivity index (χ4n) is 2.22. The van der Waals surface area contributed by atoms with Crippen LogP contribution >= 0.6 is 11.8 Å². The summed E-state index contributed by atoms with van der Waals surface area (Å²) in [6.07, 6.45) is 0. The number of hydrogen-bond donors (Lipinski definition) is 2. The van der Waals surface area contributed by atoms with Crippen LogP contribution in [0.1, 0.15) is 20.8 Å². The van der Waals surface area contributed by atoms with E-state index in [4.69, 9.17) is 0 Å². The molecule has 2 aliphatic rings. The van der Waals surface area contributed by atoms with Gasteiger partial charge in [0, 0.05) is 5.75 Å². The maximum Gasteiger partial charge on any atom is 0.354 e. The third-order valence-electron chi connectivity index (χ3n) is 3.14. The minimum atomic E-state index is -1.42. The topological polar surface area (TPSA) is 94.9 Å². The summed E-state index contributed by atoms with van der Waals surface area (Å²) < 4.78 is 12.1. The van der Waals surface area contributed by atoms with Crippen LogP contribution in [0.25, 0.3) is 0 Å². The number of carboxylic acid groups (broad SMARTS) is 1. The molecule has 0 aromatic rings. The number of aliphatic hydroxyl groups is 1. The van der Waals surface area contributed by atoms with Crippen LogP contribution in [0.5, 0.6) is 0 Å². The summed E-state index contributed by atoms with van der Waals surface area (Å²) in [5, 5.41) is 18.7. The van der Waals surface area contributed by atoms with Crippen LogP contribution in [0.2, 0.25) is 0 Å². The molecule has 2 N–H and O–H groups in total. The number of hydrogen-bond acceptors (Lipinski definition) is 5. The zero-order chi connectivity index (χ0) is 14.5. The smallest absolute Gasteiger partial charge is 0.354 e. The van der Waals surface area contributed by atoms with Crippen LogP contribution in [-0.4, -0.2) is 47.9 Å². The van der Waals surface area contributed by atoms with E-state index in [0.29, 0.717) is 5.75 Å². The standard InChI is InChI=1S/C11H15NO5S2/c1-4-19(17)10-6(9(14)15)12-7(13)5(8(12)18-10)11(2,3)16/h5,8,16H,4H2,1-3H3,(H,14,15)/t5-,8-,19?/m1/s1. The Kier molecular flexibility index (Phi) is 3.53. The molecule has 2 aliphatic heterocycles. The molecule has 106 valence electrons. The lowest BCUT2D eigenvalue weighted by atomic mass is 9.83. The number of aliphatic carboxylic acids is 1. The van der Waals surface area contributed by atoms with Gasteiger partial charge in [0.05, 0.1) is 22.3 Å². The lowest BCUT2D eigenvalue weighted by Gasteiger charge is -2.47. The first kappa shape index (κ1) is 14.5. The second-order valence-electron chi connectivity index (χ2n) is 4.92. The van der Waals surface area contributed by atoms with Crippen molar-refractivity contribution in [1.29, 1.82) is 0 Å². The van der Waals surface area contributed by atoms with Crippen molar-refractivity contribution in [2.24, 2.45) is 5.92 Å². The lowest BCUT2D eigenvalue weighted by Crippen LogP contribution is -2.64. The number of β-lactam (4-membered cyclic amide) rings is 1. The Morgan fingerprint density at radius 2 is 2.11 bits per heavy atom. The summed E-state index contributed by atoms with van der Waals surface area (Å²) in [7, 11) is -1.42. The monoisotopic (exact) mass is 305 g/mol. The highest BCUT2D eigenvalue weighted by Gasteiger charge is 2.61. The van der Waals surface area contributed by atoms with Crippen molar-refractivity contribution >= 4 is 34.4 Å². The maximum absolute atomic E-state index is 12.0. The molecule has 2 heterocycles. The van der Waals surface area contributed by atoms with Crippen molar-refractivity contribution in [3.8, 4) is 0 Å². The van der Waals surface area contributed by atoms with Crippen LogP contribution in [0, 0.1) is 5.92 Å². The summed E-state index contributed by atoms with van der Waals surface area (Å²) in [4.78, 5) is 24.4. The largest absolute Gasteiger partial charge is 0.477 e. The van der Waals surface area contributed by atoms with Crippen molar-refractivity contribution in [2.45, 2.75) is 31.7 Å². The minimum Gasteiger partial charge on any atom is -0.477 e.